The molecule has 1 saturated heterocycles. The summed E-state index contributed by atoms with van der Waals surface area (Å²) in [6, 6.07) is 4.19. The van der Waals surface area contributed by atoms with E-state index < -0.39 is 11.6 Å². The van der Waals surface area contributed by atoms with Crippen LogP contribution in [0.5, 0.6) is 0 Å². The molecule has 0 saturated carbocycles. The van der Waals surface area contributed by atoms with Gasteiger partial charge in [0.1, 0.15) is 19.1 Å². The Balaban J connectivity index is 1.66. The van der Waals surface area contributed by atoms with Gasteiger partial charge in [0.2, 0.25) is 5.90 Å². The van der Waals surface area contributed by atoms with E-state index in [0.29, 0.717) is 24.2 Å². The summed E-state index contributed by atoms with van der Waals surface area (Å²) in [7, 11) is 2.04. The minimum Gasteiger partial charge on any atom is -0.473 e. The molecule has 21 heavy (non-hydrogen) atoms. The highest BCUT2D eigenvalue weighted by molar-refractivity contribution is 5.88. The first-order chi connectivity index (χ1) is 10.0. The minimum absolute atomic E-state index is 0.166. The quantitative estimate of drug-likeness (QED) is 0.838. The number of halogens is 2. The van der Waals surface area contributed by atoms with Gasteiger partial charge in [-0.3, -0.25) is 0 Å². The Morgan fingerprint density at radius 1 is 1.33 bits per heavy atom. The molecule has 0 aromatic heterocycles. The van der Waals surface area contributed by atoms with E-state index >= 15 is 0 Å². The monoisotopic (exact) mass is 293 g/mol. The topological polar surface area (TPSA) is 28.1 Å². The lowest BCUT2D eigenvalue weighted by Crippen LogP contribution is -2.27. The number of hydrogen-bond acceptors (Lipinski definition) is 4. The van der Waals surface area contributed by atoms with Crippen LogP contribution in [-0.2, 0) is 11.3 Å². The third-order valence-corrected chi connectivity index (χ3v) is 3.85. The third kappa shape index (κ3) is 2.70. The van der Waals surface area contributed by atoms with Crippen molar-refractivity contribution in [2.24, 2.45) is 4.99 Å². The zero-order valence-electron chi connectivity index (χ0n) is 12.0. The second-order valence-electron chi connectivity index (χ2n) is 5.36. The molecule has 0 amide bonds. The summed E-state index contributed by atoms with van der Waals surface area (Å²) < 4.78 is 31.6. The molecule has 6 heteroatoms. The second kappa shape index (κ2) is 5.35. The number of fused-ring (bicyclic) bond motifs is 1. The van der Waals surface area contributed by atoms with Crippen molar-refractivity contribution in [2.75, 3.05) is 20.3 Å². The van der Waals surface area contributed by atoms with Crippen LogP contribution < -0.4 is 0 Å². The first-order valence-electron chi connectivity index (χ1n) is 6.85. The Labute approximate surface area is 122 Å². The molecule has 0 bridgehead atoms. The van der Waals surface area contributed by atoms with Gasteiger partial charge in [-0.15, -0.1) is 0 Å². The Morgan fingerprint density at radius 3 is 2.90 bits per heavy atom. The van der Waals surface area contributed by atoms with Gasteiger partial charge in [-0.05, 0) is 24.6 Å². The van der Waals surface area contributed by atoms with E-state index in [2.05, 4.69) is 21.7 Å². The molecule has 112 valence electrons. The average molecular weight is 293 g/mol. The zero-order valence-corrected chi connectivity index (χ0v) is 12.0. The molecule has 4 nitrogen and oxygen atoms in total. The lowest BCUT2D eigenvalue weighted by molar-refractivity contribution is 0.278. The number of likely N-dealkylation sites (N-methyl/N-ethyl adjacent to an activating group) is 1. The van der Waals surface area contributed by atoms with Gasteiger partial charge in [0, 0.05) is 25.7 Å². The summed E-state index contributed by atoms with van der Waals surface area (Å²) in [5, 5.41) is 0. The summed E-state index contributed by atoms with van der Waals surface area (Å²) in [5.41, 5.74) is 0.575. The predicted octanol–water partition coefficient (Wildman–Crippen LogP) is 2.33. The average Bonchev–Trinajstić information content (AvgIpc) is 2.75. The van der Waals surface area contributed by atoms with Gasteiger partial charge < -0.3 is 14.5 Å². The molecule has 0 unspecified atom stereocenters. The van der Waals surface area contributed by atoms with Crippen LogP contribution in [0.1, 0.15) is 12.5 Å². The number of hydrogen-bond donors (Lipinski definition) is 0. The van der Waals surface area contributed by atoms with Gasteiger partial charge in [-0.25, -0.2) is 13.8 Å². The first-order valence-corrected chi connectivity index (χ1v) is 6.85. The molecule has 0 aliphatic carbocycles. The van der Waals surface area contributed by atoms with Crippen molar-refractivity contribution >= 4 is 5.90 Å². The minimum atomic E-state index is -0.865. The van der Waals surface area contributed by atoms with Crippen LogP contribution in [0.25, 0.3) is 0 Å². The van der Waals surface area contributed by atoms with Crippen LogP contribution in [0.3, 0.4) is 0 Å². The standard InChI is InChI=1S/C15H17F2N3O/c1-10-7-20-9-18-14(6-15(20)19(10)2)21-8-11-3-4-12(16)13(17)5-11/h3-6,10H,7-9H2,1-2H3/t10-/m0/s1. The number of ether oxygens (including phenoxy) is 1. The maximum Gasteiger partial charge on any atom is 0.214 e. The van der Waals surface area contributed by atoms with Gasteiger partial charge in [0.25, 0.3) is 0 Å². The van der Waals surface area contributed by atoms with Crippen LogP contribution >= 0.6 is 0 Å². The van der Waals surface area contributed by atoms with E-state index in [-0.39, 0.29) is 6.61 Å². The fraction of sp³-hybridized carbons (Fsp3) is 0.400. The molecule has 1 fully saturated rings. The van der Waals surface area contributed by atoms with Crippen molar-refractivity contribution in [1.82, 2.24) is 9.80 Å². The predicted molar refractivity (Wildman–Crippen MR) is 75.5 cm³/mol. The number of aliphatic imine (C=N–C) groups is 1. The van der Waals surface area contributed by atoms with Gasteiger partial charge in [-0.1, -0.05) is 6.07 Å². The van der Waals surface area contributed by atoms with Crippen molar-refractivity contribution in [2.45, 2.75) is 19.6 Å². The van der Waals surface area contributed by atoms with E-state index in [0.717, 1.165) is 24.5 Å². The summed E-state index contributed by atoms with van der Waals surface area (Å²) in [4.78, 5) is 8.70. The third-order valence-electron chi connectivity index (χ3n) is 3.85. The van der Waals surface area contributed by atoms with Crippen LogP contribution in [0.4, 0.5) is 8.78 Å². The molecule has 0 N–H and O–H groups in total. The van der Waals surface area contributed by atoms with Crippen molar-refractivity contribution in [3.05, 3.63) is 47.3 Å². The maximum atomic E-state index is 13.1. The lowest BCUT2D eigenvalue weighted by Gasteiger charge is -2.24. The SMILES string of the molecule is C[C@H]1CN2CN=C(OCc3ccc(F)c(F)c3)C=C2N1C. The van der Waals surface area contributed by atoms with Crippen molar-refractivity contribution < 1.29 is 13.5 Å². The Morgan fingerprint density at radius 2 is 2.14 bits per heavy atom. The highest BCUT2D eigenvalue weighted by Crippen LogP contribution is 2.24. The van der Waals surface area contributed by atoms with E-state index in [1.165, 1.54) is 6.07 Å². The van der Waals surface area contributed by atoms with Gasteiger partial charge in [-0.2, -0.15) is 0 Å². The molecular formula is C15H17F2N3O. The second-order valence-corrected chi connectivity index (χ2v) is 5.36. The Hall–Kier alpha value is -2.11. The summed E-state index contributed by atoms with van der Waals surface area (Å²) >= 11 is 0. The van der Waals surface area contributed by atoms with E-state index in [1.54, 1.807) is 0 Å². The van der Waals surface area contributed by atoms with Crippen molar-refractivity contribution in [1.29, 1.82) is 0 Å². The molecule has 2 aliphatic rings. The summed E-state index contributed by atoms with van der Waals surface area (Å²) in [5.74, 6) is -0.117. The number of nitrogens with zero attached hydrogens (tertiary/aromatic N) is 3. The van der Waals surface area contributed by atoms with Gasteiger partial charge in [0.05, 0.1) is 0 Å². The van der Waals surface area contributed by atoms with Crippen LogP contribution in [0.2, 0.25) is 0 Å². The molecule has 3 rings (SSSR count). The molecule has 2 aliphatic heterocycles. The molecule has 0 radical (unpaired) electrons. The van der Waals surface area contributed by atoms with Gasteiger partial charge >= 0.3 is 0 Å². The number of rotatable bonds is 2. The Kier molecular flexibility index (Phi) is 3.53. The largest absolute Gasteiger partial charge is 0.473 e. The number of benzene rings is 1. The molecule has 2 heterocycles. The van der Waals surface area contributed by atoms with Crippen LogP contribution in [0.15, 0.2) is 35.1 Å². The van der Waals surface area contributed by atoms with E-state index in [1.807, 2.05) is 13.1 Å². The first kappa shape index (κ1) is 13.9. The van der Waals surface area contributed by atoms with E-state index in [9.17, 15) is 8.78 Å². The van der Waals surface area contributed by atoms with Gasteiger partial charge in [0.15, 0.2) is 11.6 Å². The van der Waals surface area contributed by atoms with Crippen molar-refractivity contribution in [3.8, 4) is 0 Å². The van der Waals surface area contributed by atoms with Crippen LogP contribution in [-0.4, -0.2) is 42.0 Å². The smallest absolute Gasteiger partial charge is 0.214 e. The highest BCUT2D eigenvalue weighted by Gasteiger charge is 2.30. The fourth-order valence-electron chi connectivity index (χ4n) is 2.49. The molecule has 1 aromatic carbocycles. The Bertz CT molecular complexity index is 611. The van der Waals surface area contributed by atoms with Crippen LogP contribution in [0, 0.1) is 11.6 Å². The molecule has 1 aromatic rings. The molecular weight excluding hydrogens is 276 g/mol. The zero-order chi connectivity index (χ0) is 15.0. The summed E-state index contributed by atoms with van der Waals surface area (Å²) in [6.07, 6.45) is 1.88. The summed E-state index contributed by atoms with van der Waals surface area (Å²) in [6.45, 7) is 3.83. The molecule has 0 spiro atoms. The molecule has 1 atom stereocenters. The normalized spacial score (nSPS) is 21.0. The maximum absolute atomic E-state index is 13.1. The van der Waals surface area contributed by atoms with E-state index in [4.69, 9.17) is 4.74 Å². The lowest BCUT2D eigenvalue weighted by atomic mass is 10.2. The fourth-order valence-corrected chi connectivity index (χ4v) is 2.49. The highest BCUT2D eigenvalue weighted by atomic mass is 19.2. The van der Waals surface area contributed by atoms with Crippen molar-refractivity contribution in [3.63, 3.8) is 0 Å².